The molecule has 6 heterocycles. The van der Waals surface area contributed by atoms with Gasteiger partial charge in [-0.2, -0.15) is 0 Å². The predicted molar refractivity (Wildman–Crippen MR) is 190 cm³/mol. The highest BCUT2D eigenvalue weighted by Crippen LogP contribution is 2.51. The van der Waals surface area contributed by atoms with E-state index in [1.54, 1.807) is 25.4 Å². The molecule has 1 aliphatic carbocycles. The van der Waals surface area contributed by atoms with Crippen LogP contribution in [-0.4, -0.2) is 54.7 Å². The summed E-state index contributed by atoms with van der Waals surface area (Å²) in [5, 5.41) is 13.3. The number of sulfone groups is 1. The van der Waals surface area contributed by atoms with E-state index in [1.807, 2.05) is 24.4 Å². The van der Waals surface area contributed by atoms with Crippen molar-refractivity contribution in [1.82, 2.24) is 20.2 Å². The zero-order valence-corrected chi connectivity index (χ0v) is 29.9. The number of aromatic nitrogens is 4. The number of nitrogens with one attached hydrogen (secondary N) is 1. The fourth-order valence-corrected chi connectivity index (χ4v) is 11.3. The average Bonchev–Trinajstić information content (AvgIpc) is 3.88. The molecule has 5 aromatic rings. The molecule has 4 aromatic heterocycles. The van der Waals surface area contributed by atoms with Gasteiger partial charge in [0, 0.05) is 42.7 Å². The Kier molecular flexibility index (Phi) is 8.44. The Morgan fingerprint density at radius 3 is 2.69 bits per heavy atom. The first-order valence-corrected chi connectivity index (χ1v) is 19.7. The van der Waals surface area contributed by atoms with Gasteiger partial charge in [0.15, 0.2) is 9.84 Å². The molecule has 0 bridgehead atoms. The van der Waals surface area contributed by atoms with Gasteiger partial charge < -0.3 is 19.2 Å². The van der Waals surface area contributed by atoms with Crippen LogP contribution in [-0.2, 0) is 27.4 Å². The van der Waals surface area contributed by atoms with Crippen molar-refractivity contribution in [2.24, 2.45) is 11.8 Å². The third kappa shape index (κ3) is 5.81. The van der Waals surface area contributed by atoms with E-state index < -0.39 is 9.84 Å². The van der Waals surface area contributed by atoms with Crippen LogP contribution < -0.4 is 10.1 Å². The topological polar surface area (TPSA) is 129 Å². The van der Waals surface area contributed by atoms with Crippen LogP contribution in [0.1, 0.15) is 79.9 Å². The highest BCUT2D eigenvalue weighted by atomic mass is 32.2. The SMILES string of the molecule is COc1cccc2c1CC[C@H]2Nc1nccc2cc(-c3c(-c4nnc(C)o4)c(CCC4CCOCC4)nc4c3S(=O)(=O)C[C@@H]4C(C)C)sc12. The van der Waals surface area contributed by atoms with Crippen molar-refractivity contribution in [3.63, 3.8) is 0 Å². The van der Waals surface area contributed by atoms with Gasteiger partial charge in [0.25, 0.3) is 0 Å². The fraction of sp³-hybridized carbons (Fsp3) is 0.459. The van der Waals surface area contributed by atoms with E-state index in [4.69, 9.17) is 23.9 Å². The molecule has 49 heavy (non-hydrogen) atoms. The molecular formula is C37H41N5O5S2. The minimum Gasteiger partial charge on any atom is -0.496 e. The Labute approximate surface area is 290 Å². The van der Waals surface area contributed by atoms with Crippen LogP contribution in [0.4, 0.5) is 5.82 Å². The summed E-state index contributed by atoms with van der Waals surface area (Å²) in [6, 6.07) is 10.4. The maximum atomic E-state index is 14.2. The number of ether oxygens (including phenoxy) is 2. The van der Waals surface area contributed by atoms with Crippen molar-refractivity contribution in [2.75, 3.05) is 31.4 Å². The van der Waals surface area contributed by atoms with Crippen molar-refractivity contribution >= 4 is 37.1 Å². The van der Waals surface area contributed by atoms with Crippen LogP contribution >= 0.6 is 11.3 Å². The molecule has 8 rings (SSSR count). The number of hydrogen-bond acceptors (Lipinski definition) is 11. The second-order valence-corrected chi connectivity index (χ2v) is 16.9. The first kappa shape index (κ1) is 32.3. The van der Waals surface area contributed by atoms with Crippen LogP contribution in [0.25, 0.3) is 32.0 Å². The Morgan fingerprint density at radius 1 is 1.10 bits per heavy atom. The number of methoxy groups -OCH3 is 1. The van der Waals surface area contributed by atoms with Gasteiger partial charge in [-0.15, -0.1) is 21.5 Å². The molecule has 2 aliphatic heterocycles. The molecule has 1 aromatic carbocycles. The monoisotopic (exact) mass is 699 g/mol. The van der Waals surface area contributed by atoms with Gasteiger partial charge in [0.2, 0.25) is 11.8 Å². The van der Waals surface area contributed by atoms with Crippen LogP contribution in [0.2, 0.25) is 0 Å². The number of nitrogens with zero attached hydrogens (tertiary/aromatic N) is 4. The third-order valence-corrected chi connectivity index (χ3v) is 13.4. The highest BCUT2D eigenvalue weighted by molar-refractivity contribution is 7.92. The Hall–Kier alpha value is -3.87. The zero-order chi connectivity index (χ0) is 33.9. The van der Waals surface area contributed by atoms with Gasteiger partial charge in [-0.05, 0) is 85.1 Å². The van der Waals surface area contributed by atoms with Gasteiger partial charge in [0.1, 0.15) is 11.6 Å². The Bertz CT molecular complexity index is 2150. The van der Waals surface area contributed by atoms with Crippen LogP contribution in [0.3, 0.4) is 0 Å². The van der Waals surface area contributed by atoms with Crippen molar-refractivity contribution < 1.29 is 22.3 Å². The summed E-state index contributed by atoms with van der Waals surface area (Å²) in [5.74, 6) is 2.86. The number of hydrogen-bond donors (Lipinski definition) is 1. The number of thiophene rings is 1. The van der Waals surface area contributed by atoms with Gasteiger partial charge in [0.05, 0.1) is 45.5 Å². The number of fused-ring (bicyclic) bond motifs is 3. The number of aryl methyl sites for hydroxylation is 2. The standard InChI is InChI=1S/C37H41N5O5S2/c1-20(2)26-19-49(43,44)35-32(31(37-42-41-21(3)47-37)28(39-33(26)35)10-8-22-13-16-46-17-14-22)30-18-23-12-15-38-36(34(23)48-30)40-27-11-9-25-24(27)6-5-7-29(25)45-4/h5-7,12,15,18,20,22,26-27H,8-11,13-14,16-17,19H2,1-4H3,(H,38,40)/t26-,27-/m1/s1. The van der Waals surface area contributed by atoms with Gasteiger partial charge in [-0.1, -0.05) is 26.0 Å². The molecule has 0 unspecified atom stereocenters. The summed E-state index contributed by atoms with van der Waals surface area (Å²) in [5.41, 5.74) is 5.18. The summed E-state index contributed by atoms with van der Waals surface area (Å²) < 4.78 is 46.7. The first-order valence-electron chi connectivity index (χ1n) is 17.2. The average molecular weight is 700 g/mol. The van der Waals surface area contributed by atoms with E-state index in [-0.39, 0.29) is 23.6 Å². The molecule has 3 aliphatic rings. The van der Waals surface area contributed by atoms with E-state index in [0.29, 0.717) is 45.8 Å². The molecule has 0 saturated carbocycles. The molecule has 0 amide bonds. The number of benzene rings is 1. The lowest BCUT2D eigenvalue weighted by atomic mass is 9.89. The van der Waals surface area contributed by atoms with Crippen LogP contribution in [0, 0.1) is 18.8 Å². The molecule has 10 nitrogen and oxygen atoms in total. The molecule has 1 N–H and O–H groups in total. The van der Waals surface area contributed by atoms with Gasteiger partial charge in [-0.25, -0.2) is 13.4 Å². The molecule has 2 atom stereocenters. The number of anilines is 1. The maximum absolute atomic E-state index is 14.2. The molecule has 256 valence electrons. The molecule has 1 saturated heterocycles. The lowest BCUT2D eigenvalue weighted by Crippen LogP contribution is -2.17. The summed E-state index contributed by atoms with van der Waals surface area (Å²) in [4.78, 5) is 11.1. The van der Waals surface area contributed by atoms with Crippen molar-refractivity contribution in [1.29, 1.82) is 0 Å². The van der Waals surface area contributed by atoms with Crippen LogP contribution in [0.15, 0.2) is 45.8 Å². The van der Waals surface area contributed by atoms with E-state index in [1.165, 1.54) is 11.1 Å². The molecule has 0 radical (unpaired) electrons. The van der Waals surface area contributed by atoms with Gasteiger partial charge in [-0.3, -0.25) is 4.98 Å². The maximum Gasteiger partial charge on any atom is 0.250 e. The molecule has 1 fully saturated rings. The zero-order valence-electron chi connectivity index (χ0n) is 28.3. The van der Waals surface area contributed by atoms with E-state index in [0.717, 1.165) is 77.5 Å². The van der Waals surface area contributed by atoms with E-state index >= 15 is 0 Å². The lowest BCUT2D eigenvalue weighted by molar-refractivity contribution is 0.0639. The van der Waals surface area contributed by atoms with Crippen molar-refractivity contribution in [2.45, 2.75) is 76.2 Å². The minimum atomic E-state index is -3.67. The van der Waals surface area contributed by atoms with Crippen LogP contribution in [0.5, 0.6) is 5.75 Å². The quantitative estimate of drug-likeness (QED) is 0.163. The van der Waals surface area contributed by atoms with E-state index in [9.17, 15) is 8.42 Å². The van der Waals surface area contributed by atoms with Gasteiger partial charge >= 0.3 is 0 Å². The molecule has 0 spiro atoms. The van der Waals surface area contributed by atoms with E-state index in [2.05, 4.69) is 41.5 Å². The Balaban J connectivity index is 1.30. The predicted octanol–water partition coefficient (Wildman–Crippen LogP) is 7.71. The number of rotatable bonds is 9. The lowest BCUT2D eigenvalue weighted by Gasteiger charge is -2.23. The fourth-order valence-electron chi connectivity index (χ4n) is 7.85. The van der Waals surface area contributed by atoms with Crippen molar-refractivity contribution in [3.05, 3.63) is 64.9 Å². The second kappa shape index (κ2) is 12.8. The minimum absolute atomic E-state index is 0.0372. The highest BCUT2D eigenvalue weighted by Gasteiger charge is 2.43. The second-order valence-electron chi connectivity index (χ2n) is 13.8. The third-order valence-electron chi connectivity index (χ3n) is 10.4. The summed E-state index contributed by atoms with van der Waals surface area (Å²) in [6.07, 6.45) is 7.27. The normalized spacial score (nSPS) is 20.2. The summed E-state index contributed by atoms with van der Waals surface area (Å²) in [6.45, 7) is 7.44. The van der Waals surface area contributed by atoms with Crippen molar-refractivity contribution in [3.8, 4) is 27.6 Å². The molecule has 12 heteroatoms. The largest absolute Gasteiger partial charge is 0.496 e. The summed E-state index contributed by atoms with van der Waals surface area (Å²) >= 11 is 1.55. The Morgan fingerprint density at radius 2 is 1.94 bits per heavy atom. The number of pyridine rings is 2. The smallest absolute Gasteiger partial charge is 0.250 e. The molecular weight excluding hydrogens is 659 g/mol. The summed E-state index contributed by atoms with van der Waals surface area (Å²) in [7, 11) is -1.95. The first-order chi connectivity index (χ1) is 23.7.